The quantitative estimate of drug-likeness (QED) is 0.252. The maximum Gasteiger partial charge on any atom is 0.373 e. The Hall–Kier alpha value is -2.16. The summed E-state index contributed by atoms with van der Waals surface area (Å²) in [5.41, 5.74) is 0.128. The molecule has 146 valence electrons. The van der Waals surface area contributed by atoms with Crippen LogP contribution in [0.25, 0.3) is 0 Å². The highest BCUT2D eigenvalue weighted by molar-refractivity contribution is 5.91. The fourth-order valence-electron chi connectivity index (χ4n) is 4.13. The van der Waals surface area contributed by atoms with Gasteiger partial charge < -0.3 is 28.8 Å². The monoisotopic (exact) mass is 378 g/mol. The average Bonchev–Trinajstić information content (AvgIpc) is 3.26. The number of epoxide rings is 1. The lowest BCUT2D eigenvalue weighted by atomic mass is 9.81. The molecule has 5 rings (SSSR count). The van der Waals surface area contributed by atoms with Crippen molar-refractivity contribution in [3.05, 3.63) is 36.1 Å². The largest absolute Gasteiger partial charge is 0.490 e. The number of fused-ring (bicyclic) bond motifs is 4. The molecule has 1 aliphatic carbocycles. The third-order valence-electron chi connectivity index (χ3n) is 5.74. The number of hydrogen-bond donors (Lipinski definition) is 1. The Morgan fingerprint density at radius 3 is 2.96 bits per heavy atom. The topological polar surface area (TPSA) is 104 Å². The summed E-state index contributed by atoms with van der Waals surface area (Å²) in [6.07, 6.45) is 0.514. The van der Waals surface area contributed by atoms with Gasteiger partial charge in [-0.25, -0.2) is 9.59 Å². The lowest BCUT2D eigenvalue weighted by Crippen LogP contribution is -2.45. The van der Waals surface area contributed by atoms with E-state index in [0.717, 1.165) is 5.57 Å². The van der Waals surface area contributed by atoms with E-state index in [4.69, 9.17) is 23.7 Å². The molecule has 6 unspecified atom stereocenters. The summed E-state index contributed by atoms with van der Waals surface area (Å²) < 4.78 is 27.3. The van der Waals surface area contributed by atoms with Gasteiger partial charge in [0.15, 0.2) is 12.0 Å². The number of methoxy groups -OCH3 is 1. The minimum atomic E-state index is -1.17. The first-order chi connectivity index (χ1) is 12.9. The normalized spacial score (nSPS) is 40.1. The molecule has 5 aliphatic rings. The van der Waals surface area contributed by atoms with Crippen molar-refractivity contribution >= 4 is 11.9 Å². The molecule has 0 amide bonds. The van der Waals surface area contributed by atoms with Crippen LogP contribution in [0.3, 0.4) is 0 Å². The predicted molar refractivity (Wildman–Crippen MR) is 90.0 cm³/mol. The van der Waals surface area contributed by atoms with Gasteiger partial charge in [0, 0.05) is 12.0 Å². The first-order valence-electron chi connectivity index (χ1n) is 8.86. The van der Waals surface area contributed by atoms with Crippen LogP contribution >= 0.6 is 0 Å². The van der Waals surface area contributed by atoms with E-state index >= 15 is 0 Å². The first kappa shape index (κ1) is 18.2. The van der Waals surface area contributed by atoms with Crippen LogP contribution < -0.4 is 0 Å². The molecule has 0 radical (unpaired) electrons. The number of carbonyl (C=O) groups excluding carboxylic acids is 2. The summed E-state index contributed by atoms with van der Waals surface area (Å²) in [5, 5.41) is 10.5. The lowest BCUT2D eigenvalue weighted by molar-refractivity contribution is -0.165. The van der Waals surface area contributed by atoms with Crippen LogP contribution in [0.2, 0.25) is 0 Å². The van der Waals surface area contributed by atoms with E-state index in [0.29, 0.717) is 12.8 Å². The minimum Gasteiger partial charge on any atom is -0.490 e. The van der Waals surface area contributed by atoms with Crippen molar-refractivity contribution in [2.45, 2.75) is 49.5 Å². The SMILES string of the molecule is C=C(OC)C(=O)OC1CC23OC2CCC(=CC2OC(=O)C(=C)C21)COC3O. The van der Waals surface area contributed by atoms with E-state index in [1.807, 2.05) is 0 Å². The summed E-state index contributed by atoms with van der Waals surface area (Å²) in [5.74, 6) is -2.04. The van der Waals surface area contributed by atoms with Crippen LogP contribution in [0.15, 0.2) is 36.1 Å². The van der Waals surface area contributed by atoms with Gasteiger partial charge in [-0.3, -0.25) is 0 Å². The fraction of sp³-hybridized carbons (Fsp3) is 0.579. The Morgan fingerprint density at radius 2 is 2.22 bits per heavy atom. The summed E-state index contributed by atoms with van der Waals surface area (Å²) in [6.45, 7) is 7.56. The molecule has 0 aromatic heterocycles. The molecular weight excluding hydrogens is 356 g/mol. The molecule has 1 spiro atoms. The smallest absolute Gasteiger partial charge is 0.373 e. The average molecular weight is 378 g/mol. The molecule has 0 saturated carbocycles. The Kier molecular flexibility index (Phi) is 4.37. The molecule has 4 heterocycles. The second kappa shape index (κ2) is 6.47. The Morgan fingerprint density at radius 1 is 1.44 bits per heavy atom. The zero-order valence-electron chi connectivity index (χ0n) is 15.0. The van der Waals surface area contributed by atoms with Gasteiger partial charge in [0.05, 0.1) is 25.7 Å². The molecule has 8 nitrogen and oxygen atoms in total. The van der Waals surface area contributed by atoms with Crippen molar-refractivity contribution in [2.24, 2.45) is 5.92 Å². The van der Waals surface area contributed by atoms with Gasteiger partial charge in [-0.2, -0.15) is 0 Å². The van der Waals surface area contributed by atoms with Gasteiger partial charge in [-0.15, -0.1) is 0 Å². The van der Waals surface area contributed by atoms with Gasteiger partial charge in [-0.05, 0) is 31.1 Å². The number of ether oxygens (including phenoxy) is 5. The summed E-state index contributed by atoms with van der Waals surface area (Å²) in [6, 6.07) is 0. The standard InChI is InChI=1S/C19H22O8/c1-9-15-12(25-16(9)20)6-11-4-5-14-19(27-14,18(22)24-8-11)7-13(15)26-17(21)10(2)23-3/h6,12-15,18,22H,1-2,4-5,7-8H2,3H3. The first-order valence-corrected chi connectivity index (χ1v) is 8.86. The zero-order chi connectivity index (χ0) is 19.3. The van der Waals surface area contributed by atoms with E-state index in [2.05, 4.69) is 13.2 Å². The van der Waals surface area contributed by atoms with E-state index in [-0.39, 0.29) is 30.5 Å². The number of aliphatic hydroxyl groups excluding tert-OH is 1. The van der Waals surface area contributed by atoms with Gasteiger partial charge in [0.2, 0.25) is 0 Å². The van der Waals surface area contributed by atoms with Gasteiger partial charge in [0.1, 0.15) is 17.8 Å². The third kappa shape index (κ3) is 2.97. The van der Waals surface area contributed by atoms with Crippen molar-refractivity contribution < 1.29 is 38.4 Å². The van der Waals surface area contributed by atoms with Crippen molar-refractivity contribution in [2.75, 3.05) is 13.7 Å². The molecule has 0 aromatic carbocycles. The molecule has 3 fully saturated rings. The second-order valence-electron chi connectivity index (χ2n) is 7.28. The number of aliphatic hydroxyl groups is 1. The van der Waals surface area contributed by atoms with Crippen LogP contribution in [0, 0.1) is 5.92 Å². The fourth-order valence-corrected chi connectivity index (χ4v) is 4.13. The Balaban J connectivity index is 1.74. The molecule has 1 N–H and O–H groups in total. The highest BCUT2D eigenvalue weighted by Gasteiger charge is 2.65. The Bertz CT molecular complexity index is 740. The van der Waals surface area contributed by atoms with E-state index < -0.39 is 42.0 Å². The number of hydrogen-bond acceptors (Lipinski definition) is 8. The third-order valence-corrected chi connectivity index (χ3v) is 5.74. The van der Waals surface area contributed by atoms with Crippen molar-refractivity contribution in [1.29, 1.82) is 0 Å². The van der Waals surface area contributed by atoms with E-state index in [1.54, 1.807) is 6.08 Å². The molecule has 4 aliphatic heterocycles. The van der Waals surface area contributed by atoms with Gasteiger partial charge >= 0.3 is 11.9 Å². The summed E-state index contributed by atoms with van der Waals surface area (Å²) in [4.78, 5) is 24.5. The van der Waals surface area contributed by atoms with Crippen LogP contribution in [-0.2, 0) is 33.3 Å². The highest BCUT2D eigenvalue weighted by Crippen LogP contribution is 2.51. The number of carbonyl (C=O) groups is 2. The van der Waals surface area contributed by atoms with Gasteiger partial charge in [-0.1, -0.05) is 6.58 Å². The molecule has 0 aromatic rings. The summed E-state index contributed by atoms with van der Waals surface area (Å²) >= 11 is 0. The van der Waals surface area contributed by atoms with E-state index in [1.165, 1.54) is 7.11 Å². The van der Waals surface area contributed by atoms with E-state index in [9.17, 15) is 14.7 Å². The van der Waals surface area contributed by atoms with Crippen molar-refractivity contribution in [1.82, 2.24) is 0 Å². The minimum absolute atomic E-state index is 0.140. The maximum atomic E-state index is 12.3. The number of rotatable bonds is 3. The number of esters is 2. The van der Waals surface area contributed by atoms with Crippen LogP contribution in [0.5, 0.6) is 0 Å². The molecule has 3 saturated heterocycles. The van der Waals surface area contributed by atoms with Crippen LogP contribution in [0.1, 0.15) is 19.3 Å². The second-order valence-corrected chi connectivity index (χ2v) is 7.28. The van der Waals surface area contributed by atoms with Crippen molar-refractivity contribution in [3.8, 4) is 0 Å². The molecule has 27 heavy (non-hydrogen) atoms. The van der Waals surface area contributed by atoms with Crippen molar-refractivity contribution in [3.63, 3.8) is 0 Å². The summed E-state index contributed by atoms with van der Waals surface area (Å²) in [7, 11) is 1.31. The highest BCUT2D eigenvalue weighted by atomic mass is 16.7. The molecule has 6 atom stereocenters. The van der Waals surface area contributed by atoms with Gasteiger partial charge in [0.25, 0.3) is 0 Å². The Labute approximate surface area is 156 Å². The predicted octanol–water partition coefficient (Wildman–Crippen LogP) is 0.753. The molecule has 8 heteroatoms. The molecule has 2 bridgehead atoms. The molecular formula is C19H22O8. The maximum absolute atomic E-state index is 12.3. The van der Waals surface area contributed by atoms with Crippen LogP contribution in [0.4, 0.5) is 0 Å². The lowest BCUT2D eigenvalue weighted by Gasteiger charge is -2.33. The van der Waals surface area contributed by atoms with Crippen LogP contribution in [-0.4, -0.2) is 61.0 Å². The zero-order valence-corrected chi connectivity index (χ0v) is 15.0.